The number of nitrogens with two attached hydrogens (primary N) is 1. The van der Waals surface area contributed by atoms with Crippen LogP contribution in [0, 0.1) is 5.92 Å². The van der Waals surface area contributed by atoms with Gasteiger partial charge in [0.05, 0.1) is 12.5 Å². The van der Waals surface area contributed by atoms with Crippen molar-refractivity contribution < 1.29 is 14.7 Å². The van der Waals surface area contributed by atoms with Crippen molar-refractivity contribution in [1.29, 1.82) is 0 Å². The lowest BCUT2D eigenvalue weighted by Gasteiger charge is -2.29. The third-order valence-electron chi connectivity index (χ3n) is 3.44. The van der Waals surface area contributed by atoms with Crippen molar-refractivity contribution >= 4 is 11.9 Å². The van der Waals surface area contributed by atoms with Gasteiger partial charge in [-0.15, -0.1) is 0 Å². The molecule has 3 unspecified atom stereocenters. The Balaban J connectivity index is 2.37. The summed E-state index contributed by atoms with van der Waals surface area (Å²) in [6.45, 7) is 2.16. The Morgan fingerprint density at radius 1 is 1.47 bits per heavy atom. The second-order valence-electron chi connectivity index (χ2n) is 4.85. The number of hydrogen-bond donors (Lipinski definition) is 3. The maximum Gasteiger partial charge on any atom is 0.305 e. The summed E-state index contributed by atoms with van der Waals surface area (Å²) in [5.41, 5.74) is 5.51. The van der Waals surface area contributed by atoms with Crippen molar-refractivity contribution in [2.24, 2.45) is 11.7 Å². The Hall–Kier alpha value is -1.10. The summed E-state index contributed by atoms with van der Waals surface area (Å²) in [7, 11) is 0. The minimum atomic E-state index is -1.04. The van der Waals surface area contributed by atoms with Crippen LogP contribution in [0.5, 0.6) is 0 Å². The van der Waals surface area contributed by atoms with Gasteiger partial charge in [-0.2, -0.15) is 0 Å². The number of aliphatic carboxylic acids is 1. The molecular weight excluding hydrogens is 220 g/mol. The molecule has 0 aromatic rings. The molecule has 1 fully saturated rings. The molecule has 0 aromatic heterocycles. The average molecular weight is 242 g/mol. The van der Waals surface area contributed by atoms with Crippen LogP contribution >= 0.6 is 0 Å². The minimum absolute atomic E-state index is 0.168. The Bertz CT molecular complexity index is 281. The zero-order chi connectivity index (χ0) is 12.8. The SMILES string of the molecule is CCC1CCCC(NC(=O)C(N)CC(=O)O)C1. The van der Waals surface area contributed by atoms with Crippen molar-refractivity contribution in [3.63, 3.8) is 0 Å². The summed E-state index contributed by atoms with van der Waals surface area (Å²) in [5.74, 6) is -0.707. The van der Waals surface area contributed by atoms with Crippen LogP contribution in [0.4, 0.5) is 0 Å². The van der Waals surface area contributed by atoms with Crippen LogP contribution in [0.1, 0.15) is 45.4 Å². The first-order valence-corrected chi connectivity index (χ1v) is 6.30. The Kier molecular flexibility index (Phi) is 5.41. The molecule has 1 aliphatic rings. The molecule has 98 valence electrons. The number of carbonyl (C=O) groups excluding carboxylic acids is 1. The van der Waals surface area contributed by atoms with Gasteiger partial charge >= 0.3 is 5.97 Å². The monoisotopic (exact) mass is 242 g/mol. The van der Waals surface area contributed by atoms with E-state index in [0.29, 0.717) is 5.92 Å². The van der Waals surface area contributed by atoms with Gasteiger partial charge in [-0.05, 0) is 18.8 Å². The molecule has 17 heavy (non-hydrogen) atoms. The summed E-state index contributed by atoms with van der Waals surface area (Å²) in [6.07, 6.45) is 5.13. The fourth-order valence-electron chi connectivity index (χ4n) is 2.38. The largest absolute Gasteiger partial charge is 0.481 e. The molecule has 0 aromatic carbocycles. The van der Waals surface area contributed by atoms with Gasteiger partial charge in [-0.1, -0.05) is 26.2 Å². The first-order chi connectivity index (χ1) is 8.02. The van der Waals surface area contributed by atoms with Crippen LogP contribution in [0.15, 0.2) is 0 Å². The molecule has 0 bridgehead atoms. The topological polar surface area (TPSA) is 92.4 Å². The Labute approximate surface area is 102 Å². The molecular formula is C12H22N2O3. The molecule has 3 atom stereocenters. The van der Waals surface area contributed by atoms with Crippen LogP contribution in [-0.4, -0.2) is 29.1 Å². The zero-order valence-electron chi connectivity index (χ0n) is 10.3. The number of rotatable bonds is 5. The van der Waals surface area contributed by atoms with Crippen molar-refractivity contribution in [3.05, 3.63) is 0 Å². The highest BCUT2D eigenvalue weighted by Gasteiger charge is 2.24. The Morgan fingerprint density at radius 3 is 2.76 bits per heavy atom. The maximum atomic E-state index is 11.6. The van der Waals surface area contributed by atoms with Crippen LogP contribution in [0.3, 0.4) is 0 Å². The van der Waals surface area contributed by atoms with Gasteiger partial charge in [0.25, 0.3) is 0 Å². The number of hydrogen-bond acceptors (Lipinski definition) is 3. The van der Waals surface area contributed by atoms with E-state index in [2.05, 4.69) is 12.2 Å². The fourth-order valence-corrected chi connectivity index (χ4v) is 2.38. The predicted octanol–water partition coefficient (Wildman–Crippen LogP) is 0.873. The summed E-state index contributed by atoms with van der Waals surface area (Å²) >= 11 is 0. The van der Waals surface area contributed by atoms with E-state index < -0.39 is 12.0 Å². The number of carboxylic acid groups (broad SMARTS) is 1. The van der Waals surface area contributed by atoms with Crippen molar-refractivity contribution in [2.75, 3.05) is 0 Å². The van der Waals surface area contributed by atoms with Gasteiger partial charge in [-0.25, -0.2) is 0 Å². The number of amides is 1. The average Bonchev–Trinajstić information content (AvgIpc) is 2.28. The second-order valence-corrected chi connectivity index (χ2v) is 4.85. The maximum absolute atomic E-state index is 11.6. The third-order valence-corrected chi connectivity index (χ3v) is 3.44. The van der Waals surface area contributed by atoms with E-state index in [1.165, 1.54) is 6.42 Å². The molecule has 1 rings (SSSR count). The molecule has 0 spiro atoms. The lowest BCUT2D eigenvalue weighted by Crippen LogP contribution is -2.47. The van der Waals surface area contributed by atoms with Gasteiger partial charge in [0.2, 0.25) is 5.91 Å². The summed E-state index contributed by atoms with van der Waals surface area (Å²) < 4.78 is 0. The fraction of sp³-hybridized carbons (Fsp3) is 0.833. The van der Waals surface area contributed by atoms with E-state index in [9.17, 15) is 9.59 Å². The number of nitrogens with one attached hydrogen (secondary N) is 1. The van der Waals surface area contributed by atoms with E-state index in [4.69, 9.17) is 10.8 Å². The van der Waals surface area contributed by atoms with E-state index in [1.54, 1.807) is 0 Å². The van der Waals surface area contributed by atoms with E-state index in [0.717, 1.165) is 25.7 Å². The van der Waals surface area contributed by atoms with Crippen molar-refractivity contribution in [2.45, 2.75) is 57.5 Å². The van der Waals surface area contributed by atoms with Gasteiger partial charge in [-0.3, -0.25) is 9.59 Å². The number of carbonyl (C=O) groups is 2. The zero-order valence-corrected chi connectivity index (χ0v) is 10.3. The first-order valence-electron chi connectivity index (χ1n) is 6.30. The van der Waals surface area contributed by atoms with Gasteiger partial charge < -0.3 is 16.2 Å². The van der Waals surface area contributed by atoms with Crippen LogP contribution in [-0.2, 0) is 9.59 Å². The standard InChI is InChI=1S/C12H22N2O3/c1-2-8-4-3-5-9(6-8)14-12(17)10(13)7-11(15)16/h8-10H,2-7,13H2,1H3,(H,14,17)(H,15,16). The molecule has 1 amide bonds. The summed E-state index contributed by atoms with van der Waals surface area (Å²) in [6, 6.07) is -0.768. The van der Waals surface area contributed by atoms with Gasteiger partial charge in [0, 0.05) is 6.04 Å². The normalized spacial score (nSPS) is 26.2. The highest BCUT2D eigenvalue weighted by Crippen LogP contribution is 2.26. The highest BCUT2D eigenvalue weighted by atomic mass is 16.4. The third kappa shape index (κ3) is 4.73. The smallest absolute Gasteiger partial charge is 0.305 e. The lowest BCUT2D eigenvalue weighted by molar-refractivity contribution is -0.139. The van der Waals surface area contributed by atoms with E-state index in [-0.39, 0.29) is 18.4 Å². The van der Waals surface area contributed by atoms with Crippen molar-refractivity contribution in [1.82, 2.24) is 5.32 Å². The molecule has 0 heterocycles. The van der Waals surface area contributed by atoms with Gasteiger partial charge in [0.1, 0.15) is 0 Å². The number of carboxylic acids is 1. The molecule has 1 saturated carbocycles. The van der Waals surface area contributed by atoms with E-state index >= 15 is 0 Å². The molecule has 5 heteroatoms. The second kappa shape index (κ2) is 6.59. The Morgan fingerprint density at radius 2 is 2.18 bits per heavy atom. The molecule has 5 nitrogen and oxygen atoms in total. The van der Waals surface area contributed by atoms with Crippen LogP contribution in [0.2, 0.25) is 0 Å². The quantitative estimate of drug-likeness (QED) is 0.667. The molecule has 0 aliphatic heterocycles. The van der Waals surface area contributed by atoms with Gasteiger partial charge in [0.15, 0.2) is 0 Å². The summed E-state index contributed by atoms with van der Waals surface area (Å²) in [4.78, 5) is 22.1. The van der Waals surface area contributed by atoms with Crippen LogP contribution in [0.25, 0.3) is 0 Å². The van der Waals surface area contributed by atoms with Crippen molar-refractivity contribution in [3.8, 4) is 0 Å². The summed E-state index contributed by atoms with van der Waals surface area (Å²) in [5, 5.41) is 11.4. The molecule has 0 radical (unpaired) electrons. The highest BCUT2D eigenvalue weighted by molar-refractivity contribution is 5.86. The predicted molar refractivity (Wildman–Crippen MR) is 64.4 cm³/mol. The van der Waals surface area contributed by atoms with Crippen LogP contribution < -0.4 is 11.1 Å². The lowest BCUT2D eigenvalue weighted by atomic mass is 9.84. The molecule has 0 saturated heterocycles. The molecule has 4 N–H and O–H groups in total. The molecule has 1 aliphatic carbocycles. The first kappa shape index (κ1) is 14.0. The van der Waals surface area contributed by atoms with E-state index in [1.807, 2.05) is 0 Å². The minimum Gasteiger partial charge on any atom is -0.481 e.